The van der Waals surface area contributed by atoms with Gasteiger partial charge in [-0.3, -0.25) is 4.90 Å². The number of para-hydroxylation sites is 2. The van der Waals surface area contributed by atoms with E-state index < -0.39 is 0 Å². The number of nitrogens with zero attached hydrogens (tertiary/aromatic N) is 1. The second-order valence-corrected chi connectivity index (χ2v) is 6.70. The second-order valence-electron chi connectivity index (χ2n) is 6.70. The van der Waals surface area contributed by atoms with Gasteiger partial charge >= 0.3 is 0 Å². The van der Waals surface area contributed by atoms with Crippen LogP contribution in [0.1, 0.15) is 32.3 Å². The first kappa shape index (κ1) is 17.8. The van der Waals surface area contributed by atoms with Crippen molar-refractivity contribution >= 4 is 0 Å². The largest absolute Gasteiger partial charge is 0.496 e. The summed E-state index contributed by atoms with van der Waals surface area (Å²) < 4.78 is 11.8. The van der Waals surface area contributed by atoms with Crippen LogP contribution in [0.3, 0.4) is 0 Å². The summed E-state index contributed by atoms with van der Waals surface area (Å²) in [7, 11) is 1.72. The zero-order chi connectivity index (χ0) is 17.6. The van der Waals surface area contributed by atoms with Crippen LogP contribution in [0.25, 0.3) is 11.1 Å². The fourth-order valence-corrected chi connectivity index (χ4v) is 3.77. The Morgan fingerprint density at radius 3 is 2.44 bits per heavy atom. The van der Waals surface area contributed by atoms with E-state index in [1.807, 2.05) is 18.2 Å². The summed E-state index contributed by atoms with van der Waals surface area (Å²) in [5.74, 6) is 1.91. The molecule has 0 saturated heterocycles. The van der Waals surface area contributed by atoms with Crippen LogP contribution in [0, 0.1) is 0 Å². The molecule has 0 N–H and O–H groups in total. The van der Waals surface area contributed by atoms with Crippen LogP contribution in [0.5, 0.6) is 11.5 Å². The van der Waals surface area contributed by atoms with E-state index in [1.165, 1.54) is 18.4 Å². The molecule has 1 aliphatic rings. The van der Waals surface area contributed by atoms with Crippen molar-refractivity contribution in [1.29, 1.82) is 0 Å². The molecule has 3 nitrogen and oxygen atoms in total. The fraction of sp³-hybridized carbons (Fsp3) is 0.455. The number of fused-ring (bicyclic) bond motifs is 1. The van der Waals surface area contributed by atoms with Crippen molar-refractivity contribution in [3.63, 3.8) is 0 Å². The van der Waals surface area contributed by atoms with Crippen LogP contribution < -0.4 is 9.47 Å². The Morgan fingerprint density at radius 2 is 1.72 bits per heavy atom. The molecule has 3 rings (SSSR count). The minimum Gasteiger partial charge on any atom is -0.496 e. The van der Waals surface area contributed by atoms with Crippen LogP contribution in [-0.4, -0.2) is 37.7 Å². The van der Waals surface area contributed by atoms with E-state index >= 15 is 0 Å². The van der Waals surface area contributed by atoms with E-state index in [-0.39, 0.29) is 0 Å². The van der Waals surface area contributed by atoms with Gasteiger partial charge < -0.3 is 9.47 Å². The van der Waals surface area contributed by atoms with Crippen LogP contribution in [0.2, 0.25) is 0 Å². The zero-order valence-corrected chi connectivity index (χ0v) is 15.6. The lowest BCUT2D eigenvalue weighted by atomic mass is 9.94. The maximum atomic E-state index is 6.30. The molecule has 0 amide bonds. The van der Waals surface area contributed by atoms with Gasteiger partial charge in [0, 0.05) is 17.2 Å². The standard InChI is InChI=1S/C22H29NO2/c1-4-13-23(14-5-2)18-15-17-9-8-11-20(22(17)25-16-18)19-10-6-7-12-21(19)24-3/h6-12,18H,4-5,13-16H2,1-3H3/t18-/m0/s1. The average Bonchev–Trinajstić information content (AvgIpc) is 2.67. The van der Waals surface area contributed by atoms with Gasteiger partial charge in [0.1, 0.15) is 18.1 Å². The van der Waals surface area contributed by atoms with Crippen molar-refractivity contribution in [3.05, 3.63) is 48.0 Å². The normalized spacial score (nSPS) is 16.4. The summed E-state index contributed by atoms with van der Waals surface area (Å²) in [6.07, 6.45) is 3.42. The number of hydrogen-bond donors (Lipinski definition) is 0. The van der Waals surface area contributed by atoms with E-state index in [1.54, 1.807) is 7.11 Å². The van der Waals surface area contributed by atoms with Crippen LogP contribution >= 0.6 is 0 Å². The minimum absolute atomic E-state index is 0.473. The monoisotopic (exact) mass is 339 g/mol. The Hall–Kier alpha value is -2.00. The van der Waals surface area contributed by atoms with Crippen LogP contribution in [-0.2, 0) is 6.42 Å². The Kier molecular flexibility index (Phi) is 5.98. The molecular weight excluding hydrogens is 310 g/mol. The van der Waals surface area contributed by atoms with Gasteiger partial charge in [-0.2, -0.15) is 0 Å². The molecule has 134 valence electrons. The third kappa shape index (κ3) is 3.82. The smallest absolute Gasteiger partial charge is 0.130 e. The first-order valence-electron chi connectivity index (χ1n) is 9.40. The maximum Gasteiger partial charge on any atom is 0.130 e. The molecule has 2 aromatic carbocycles. The molecule has 0 radical (unpaired) electrons. The van der Waals surface area contributed by atoms with Gasteiger partial charge in [0.05, 0.1) is 7.11 Å². The SMILES string of the molecule is CCCN(CCC)[C@@H]1COc2c(cccc2-c2ccccc2OC)C1. The van der Waals surface area contributed by atoms with Gasteiger partial charge in [0.25, 0.3) is 0 Å². The van der Waals surface area contributed by atoms with Crippen molar-refractivity contribution in [1.82, 2.24) is 4.90 Å². The molecule has 1 atom stereocenters. The Labute approximate surface area is 151 Å². The molecule has 0 fully saturated rings. The number of methoxy groups -OCH3 is 1. The van der Waals surface area contributed by atoms with E-state index in [0.29, 0.717) is 6.04 Å². The summed E-state index contributed by atoms with van der Waals surface area (Å²) >= 11 is 0. The average molecular weight is 339 g/mol. The minimum atomic E-state index is 0.473. The molecule has 0 saturated carbocycles. The van der Waals surface area contributed by atoms with Crippen LogP contribution in [0.4, 0.5) is 0 Å². The molecular formula is C22H29NO2. The summed E-state index contributed by atoms with van der Waals surface area (Å²) in [6.45, 7) is 7.55. The lowest BCUT2D eigenvalue weighted by molar-refractivity contribution is 0.119. The molecule has 25 heavy (non-hydrogen) atoms. The summed E-state index contributed by atoms with van der Waals surface area (Å²) in [5.41, 5.74) is 3.53. The van der Waals surface area contributed by atoms with Crippen molar-refractivity contribution in [2.24, 2.45) is 0 Å². The highest BCUT2D eigenvalue weighted by atomic mass is 16.5. The lowest BCUT2D eigenvalue weighted by Gasteiger charge is -2.35. The molecule has 1 heterocycles. The number of benzene rings is 2. The quantitative estimate of drug-likeness (QED) is 0.724. The Morgan fingerprint density at radius 1 is 1.00 bits per heavy atom. The highest BCUT2D eigenvalue weighted by Crippen LogP contribution is 2.40. The van der Waals surface area contributed by atoms with Gasteiger partial charge in [0.2, 0.25) is 0 Å². The molecule has 0 aromatic heterocycles. The van der Waals surface area contributed by atoms with Gasteiger partial charge in [-0.1, -0.05) is 50.2 Å². The molecule has 0 unspecified atom stereocenters. The molecule has 0 spiro atoms. The van der Waals surface area contributed by atoms with E-state index in [4.69, 9.17) is 9.47 Å². The Bertz CT molecular complexity index is 692. The predicted octanol–water partition coefficient (Wildman–Crippen LogP) is 4.79. The summed E-state index contributed by atoms with van der Waals surface area (Å²) in [5, 5.41) is 0. The topological polar surface area (TPSA) is 21.7 Å². The summed E-state index contributed by atoms with van der Waals surface area (Å²) in [6, 6.07) is 15.1. The molecule has 0 aliphatic carbocycles. The van der Waals surface area contributed by atoms with Crippen molar-refractivity contribution < 1.29 is 9.47 Å². The zero-order valence-electron chi connectivity index (χ0n) is 15.6. The number of ether oxygens (including phenoxy) is 2. The van der Waals surface area contributed by atoms with Crippen molar-refractivity contribution in [2.45, 2.75) is 39.2 Å². The summed E-state index contributed by atoms with van der Waals surface area (Å²) in [4.78, 5) is 2.58. The van der Waals surface area contributed by atoms with E-state index in [9.17, 15) is 0 Å². The lowest BCUT2D eigenvalue weighted by Crippen LogP contribution is -2.44. The van der Waals surface area contributed by atoms with Gasteiger partial charge in [-0.05, 0) is 44.0 Å². The first-order chi connectivity index (χ1) is 12.3. The molecule has 2 aromatic rings. The number of hydrogen-bond acceptors (Lipinski definition) is 3. The maximum absolute atomic E-state index is 6.30. The second kappa shape index (κ2) is 8.39. The fourth-order valence-electron chi connectivity index (χ4n) is 3.77. The number of rotatable bonds is 7. The van der Waals surface area contributed by atoms with Gasteiger partial charge in [-0.15, -0.1) is 0 Å². The third-order valence-electron chi connectivity index (χ3n) is 4.91. The molecule has 3 heteroatoms. The third-order valence-corrected chi connectivity index (χ3v) is 4.91. The molecule has 0 bridgehead atoms. The van der Waals surface area contributed by atoms with Crippen molar-refractivity contribution in [2.75, 3.05) is 26.8 Å². The van der Waals surface area contributed by atoms with Gasteiger partial charge in [-0.25, -0.2) is 0 Å². The Balaban J connectivity index is 1.90. The molecule has 1 aliphatic heterocycles. The van der Waals surface area contributed by atoms with E-state index in [0.717, 1.165) is 48.7 Å². The highest BCUT2D eigenvalue weighted by molar-refractivity contribution is 5.77. The van der Waals surface area contributed by atoms with Crippen LogP contribution in [0.15, 0.2) is 42.5 Å². The van der Waals surface area contributed by atoms with Gasteiger partial charge in [0.15, 0.2) is 0 Å². The highest BCUT2D eigenvalue weighted by Gasteiger charge is 2.27. The predicted molar refractivity (Wildman–Crippen MR) is 104 cm³/mol. The van der Waals surface area contributed by atoms with Crippen molar-refractivity contribution in [3.8, 4) is 22.6 Å². The van der Waals surface area contributed by atoms with E-state index in [2.05, 4.69) is 43.0 Å². The first-order valence-corrected chi connectivity index (χ1v) is 9.40.